The third-order valence-electron chi connectivity index (χ3n) is 3.39. The second-order valence-corrected chi connectivity index (χ2v) is 5.37. The minimum absolute atomic E-state index is 0.0146. The third kappa shape index (κ3) is 4.56. The summed E-state index contributed by atoms with van der Waals surface area (Å²) < 4.78 is 63.3. The zero-order valence-electron chi connectivity index (χ0n) is 13.9. The first-order valence-corrected chi connectivity index (χ1v) is 7.59. The zero-order valence-corrected chi connectivity index (χ0v) is 13.9. The number of rotatable bonds is 6. The topological polar surface area (TPSA) is 75.0 Å². The van der Waals surface area contributed by atoms with E-state index in [1.165, 1.54) is 25.6 Å². The lowest BCUT2D eigenvalue weighted by molar-refractivity contribution is -0.140. The Kier molecular flexibility index (Phi) is 5.31. The van der Waals surface area contributed by atoms with Crippen LogP contribution in [0, 0.1) is 5.82 Å². The molecule has 0 bridgehead atoms. The molecule has 142 valence electrons. The van der Waals surface area contributed by atoms with Gasteiger partial charge < -0.3 is 9.47 Å². The molecule has 0 N–H and O–H groups in total. The van der Waals surface area contributed by atoms with Crippen LogP contribution < -0.4 is 4.74 Å². The van der Waals surface area contributed by atoms with Crippen molar-refractivity contribution in [3.8, 4) is 11.7 Å². The van der Waals surface area contributed by atoms with Crippen molar-refractivity contribution in [1.82, 2.24) is 25.0 Å². The molecule has 0 unspecified atom stereocenters. The maximum absolute atomic E-state index is 13.4. The number of aromatic nitrogens is 5. The van der Waals surface area contributed by atoms with Crippen LogP contribution in [0.4, 0.5) is 17.6 Å². The normalized spacial score (nSPS) is 11.6. The highest BCUT2D eigenvalue weighted by molar-refractivity contribution is 5.37. The predicted molar refractivity (Wildman–Crippen MR) is 83.4 cm³/mol. The van der Waals surface area contributed by atoms with E-state index in [1.807, 2.05) is 0 Å². The molecule has 2 aromatic heterocycles. The molecule has 0 amide bonds. The molecule has 0 atom stereocenters. The summed E-state index contributed by atoms with van der Waals surface area (Å²) in [6.07, 6.45) is -1.94. The van der Waals surface area contributed by atoms with Gasteiger partial charge in [-0.2, -0.15) is 18.2 Å². The van der Waals surface area contributed by atoms with E-state index in [2.05, 4.69) is 20.3 Å². The summed E-state index contributed by atoms with van der Waals surface area (Å²) in [7, 11) is 1.53. The zero-order chi connectivity index (χ0) is 19.4. The van der Waals surface area contributed by atoms with Gasteiger partial charge in [0.1, 0.15) is 18.1 Å². The quantitative estimate of drug-likeness (QED) is 0.610. The van der Waals surface area contributed by atoms with E-state index < -0.39 is 17.6 Å². The molecule has 2 heterocycles. The Morgan fingerprint density at radius 3 is 2.67 bits per heavy atom. The molecule has 3 aromatic rings. The van der Waals surface area contributed by atoms with E-state index in [0.717, 1.165) is 10.7 Å². The standard InChI is InChI=1S/C16H13F4N5O2/c1-26-8-10-4-5-21-15(22-10)27-9-11-7-25(24-23-11)12-2-3-14(17)13(6-12)16(18,19)20/h2-7H,8-9H2,1H3. The molecule has 0 aliphatic carbocycles. The van der Waals surface area contributed by atoms with Gasteiger partial charge in [0.2, 0.25) is 0 Å². The van der Waals surface area contributed by atoms with Crippen LogP contribution in [0.3, 0.4) is 0 Å². The molecular weight excluding hydrogens is 370 g/mol. The van der Waals surface area contributed by atoms with Crippen LogP contribution in [-0.4, -0.2) is 32.1 Å². The van der Waals surface area contributed by atoms with Gasteiger partial charge in [0.05, 0.1) is 29.7 Å². The maximum Gasteiger partial charge on any atom is 0.419 e. The minimum Gasteiger partial charge on any atom is -0.457 e. The van der Waals surface area contributed by atoms with Gasteiger partial charge in [-0.3, -0.25) is 0 Å². The van der Waals surface area contributed by atoms with Gasteiger partial charge in [-0.15, -0.1) is 5.10 Å². The average Bonchev–Trinajstić information content (AvgIpc) is 3.09. The fourth-order valence-corrected chi connectivity index (χ4v) is 2.18. The van der Waals surface area contributed by atoms with Crippen LogP contribution in [0.1, 0.15) is 17.0 Å². The largest absolute Gasteiger partial charge is 0.457 e. The Morgan fingerprint density at radius 1 is 1.11 bits per heavy atom. The highest BCUT2D eigenvalue weighted by Crippen LogP contribution is 2.32. The molecule has 7 nitrogen and oxygen atoms in total. The van der Waals surface area contributed by atoms with Crippen LogP contribution in [0.5, 0.6) is 6.01 Å². The SMILES string of the molecule is COCc1ccnc(OCc2cn(-c3ccc(F)c(C(F)(F)F)c3)nn2)n1. The first kappa shape index (κ1) is 18.7. The number of hydrogen-bond donors (Lipinski definition) is 0. The number of hydrogen-bond acceptors (Lipinski definition) is 6. The Balaban J connectivity index is 1.73. The minimum atomic E-state index is -4.81. The number of alkyl halides is 3. The summed E-state index contributed by atoms with van der Waals surface area (Å²) in [5, 5.41) is 7.55. The van der Waals surface area contributed by atoms with Gasteiger partial charge in [0, 0.05) is 13.3 Å². The Hall–Kier alpha value is -3.08. The molecular formula is C16H13F4N5O2. The van der Waals surface area contributed by atoms with Crippen LogP contribution in [0.25, 0.3) is 5.69 Å². The van der Waals surface area contributed by atoms with Crippen molar-refractivity contribution in [3.63, 3.8) is 0 Å². The molecule has 0 radical (unpaired) electrons. The number of methoxy groups -OCH3 is 1. The molecule has 0 aliphatic heterocycles. The molecule has 0 aliphatic rings. The number of ether oxygens (including phenoxy) is 2. The Bertz CT molecular complexity index is 929. The first-order valence-electron chi connectivity index (χ1n) is 7.59. The summed E-state index contributed by atoms with van der Waals surface area (Å²) >= 11 is 0. The molecule has 27 heavy (non-hydrogen) atoms. The van der Waals surface area contributed by atoms with Crippen molar-refractivity contribution in [2.24, 2.45) is 0 Å². The lowest BCUT2D eigenvalue weighted by atomic mass is 10.2. The van der Waals surface area contributed by atoms with E-state index in [0.29, 0.717) is 24.1 Å². The summed E-state index contributed by atoms with van der Waals surface area (Å²) in [6.45, 7) is 0.241. The van der Waals surface area contributed by atoms with E-state index >= 15 is 0 Å². The van der Waals surface area contributed by atoms with Crippen molar-refractivity contribution in [3.05, 3.63) is 59.4 Å². The highest BCUT2D eigenvalue weighted by Gasteiger charge is 2.34. The lowest BCUT2D eigenvalue weighted by Crippen LogP contribution is -2.09. The summed E-state index contributed by atoms with van der Waals surface area (Å²) in [5.41, 5.74) is -0.414. The molecule has 3 rings (SSSR count). The van der Waals surface area contributed by atoms with E-state index in [4.69, 9.17) is 9.47 Å². The van der Waals surface area contributed by atoms with Gasteiger partial charge in [0.25, 0.3) is 0 Å². The second-order valence-electron chi connectivity index (χ2n) is 5.37. The second kappa shape index (κ2) is 7.66. The molecule has 1 aromatic carbocycles. The monoisotopic (exact) mass is 383 g/mol. The lowest BCUT2D eigenvalue weighted by Gasteiger charge is -2.09. The first-order chi connectivity index (χ1) is 12.9. The van der Waals surface area contributed by atoms with Crippen LogP contribution >= 0.6 is 0 Å². The molecule has 0 saturated carbocycles. The van der Waals surface area contributed by atoms with Crippen molar-refractivity contribution in [2.75, 3.05) is 7.11 Å². The Morgan fingerprint density at radius 2 is 1.93 bits per heavy atom. The molecule has 0 fully saturated rings. The van der Waals surface area contributed by atoms with Gasteiger partial charge >= 0.3 is 12.2 Å². The maximum atomic E-state index is 13.4. The predicted octanol–water partition coefficient (Wildman–Crippen LogP) is 2.94. The molecule has 11 heteroatoms. The van der Waals surface area contributed by atoms with Crippen LogP contribution in [0.2, 0.25) is 0 Å². The number of benzene rings is 1. The van der Waals surface area contributed by atoms with Crippen molar-refractivity contribution in [2.45, 2.75) is 19.4 Å². The van der Waals surface area contributed by atoms with Gasteiger partial charge in [-0.05, 0) is 24.3 Å². The van der Waals surface area contributed by atoms with Gasteiger partial charge in [0.15, 0.2) is 0 Å². The highest BCUT2D eigenvalue weighted by atomic mass is 19.4. The number of halogens is 4. The van der Waals surface area contributed by atoms with Crippen LogP contribution in [0.15, 0.2) is 36.7 Å². The molecule has 0 saturated heterocycles. The van der Waals surface area contributed by atoms with Gasteiger partial charge in [-0.1, -0.05) is 5.21 Å². The Labute approximate surface area is 150 Å². The average molecular weight is 383 g/mol. The van der Waals surface area contributed by atoms with Crippen molar-refractivity contribution >= 4 is 0 Å². The van der Waals surface area contributed by atoms with Gasteiger partial charge in [-0.25, -0.2) is 14.1 Å². The number of nitrogens with zero attached hydrogens (tertiary/aromatic N) is 5. The van der Waals surface area contributed by atoms with Crippen molar-refractivity contribution < 1.29 is 27.0 Å². The van der Waals surface area contributed by atoms with E-state index in [-0.39, 0.29) is 18.3 Å². The van der Waals surface area contributed by atoms with E-state index in [9.17, 15) is 17.6 Å². The third-order valence-corrected chi connectivity index (χ3v) is 3.39. The molecule has 0 spiro atoms. The summed E-state index contributed by atoms with van der Waals surface area (Å²) in [5.74, 6) is -1.36. The summed E-state index contributed by atoms with van der Waals surface area (Å²) in [4.78, 5) is 8.05. The van der Waals surface area contributed by atoms with E-state index in [1.54, 1.807) is 6.07 Å². The fourth-order valence-electron chi connectivity index (χ4n) is 2.18. The smallest absolute Gasteiger partial charge is 0.419 e. The van der Waals surface area contributed by atoms with Crippen LogP contribution in [-0.2, 0) is 24.1 Å². The fraction of sp³-hybridized carbons (Fsp3) is 0.250. The summed E-state index contributed by atoms with van der Waals surface area (Å²) in [6, 6.07) is 4.32. The van der Waals surface area contributed by atoms with Crippen molar-refractivity contribution in [1.29, 1.82) is 0 Å².